The van der Waals surface area contributed by atoms with E-state index < -0.39 is 15.8 Å². The molecule has 2 aromatic rings. The normalized spacial score (nSPS) is 11.6. The van der Waals surface area contributed by atoms with Crippen molar-refractivity contribution in [2.24, 2.45) is 5.84 Å². The monoisotopic (exact) mass is 310 g/mol. The predicted octanol–water partition coefficient (Wildman–Crippen LogP) is 1.33. The maximum atomic E-state index is 13.2. The zero-order valence-electron chi connectivity index (χ0n) is 11.3. The number of pyridine rings is 1. The first-order valence-corrected chi connectivity index (χ1v) is 7.51. The molecule has 0 aliphatic carbocycles. The molecular formula is C13H15FN4O2S. The van der Waals surface area contributed by atoms with E-state index in [0.717, 1.165) is 4.31 Å². The SMILES string of the molecule is CN(Cc1cccc(F)c1)S(=O)(=O)c1cccnc1NN. The number of rotatable bonds is 5. The number of nitrogens with zero attached hydrogens (tertiary/aromatic N) is 2. The second-order valence-electron chi connectivity index (χ2n) is 4.39. The van der Waals surface area contributed by atoms with E-state index >= 15 is 0 Å². The molecule has 0 bridgehead atoms. The van der Waals surface area contributed by atoms with Crippen molar-refractivity contribution in [2.75, 3.05) is 12.5 Å². The minimum atomic E-state index is -3.79. The first-order valence-electron chi connectivity index (χ1n) is 6.07. The minimum absolute atomic E-state index is 0.0357. The van der Waals surface area contributed by atoms with Crippen LogP contribution in [0.2, 0.25) is 0 Å². The molecular weight excluding hydrogens is 295 g/mol. The summed E-state index contributed by atoms with van der Waals surface area (Å²) in [5.41, 5.74) is 2.80. The minimum Gasteiger partial charge on any atom is -0.307 e. The van der Waals surface area contributed by atoms with Gasteiger partial charge in [-0.3, -0.25) is 0 Å². The van der Waals surface area contributed by atoms with Crippen LogP contribution < -0.4 is 11.3 Å². The standard InChI is InChI=1S/C13H15FN4O2S/c1-18(9-10-4-2-5-11(14)8-10)21(19,20)12-6-3-7-16-13(12)17-15/h2-8H,9,15H2,1H3,(H,16,17). The van der Waals surface area contributed by atoms with Crippen molar-refractivity contribution in [3.63, 3.8) is 0 Å². The molecule has 0 atom stereocenters. The average molecular weight is 310 g/mol. The summed E-state index contributed by atoms with van der Waals surface area (Å²) in [5, 5.41) is 0. The van der Waals surface area contributed by atoms with E-state index in [1.165, 1.54) is 43.6 Å². The number of nitrogen functional groups attached to an aromatic ring is 1. The summed E-state index contributed by atoms with van der Waals surface area (Å²) in [4.78, 5) is 3.83. The van der Waals surface area contributed by atoms with Gasteiger partial charge in [-0.05, 0) is 29.8 Å². The summed E-state index contributed by atoms with van der Waals surface area (Å²) < 4.78 is 39.3. The quantitative estimate of drug-likeness (QED) is 0.642. The number of benzene rings is 1. The van der Waals surface area contributed by atoms with E-state index in [2.05, 4.69) is 10.4 Å². The van der Waals surface area contributed by atoms with Crippen LogP contribution in [0.3, 0.4) is 0 Å². The number of halogens is 1. The largest absolute Gasteiger partial charge is 0.307 e. The van der Waals surface area contributed by atoms with Crippen LogP contribution in [0.15, 0.2) is 47.5 Å². The predicted molar refractivity (Wildman–Crippen MR) is 77.1 cm³/mol. The fourth-order valence-electron chi connectivity index (χ4n) is 1.85. The van der Waals surface area contributed by atoms with Crippen LogP contribution in [-0.2, 0) is 16.6 Å². The summed E-state index contributed by atoms with van der Waals surface area (Å²) in [5.74, 6) is 4.92. The average Bonchev–Trinajstić information content (AvgIpc) is 2.47. The molecule has 0 saturated heterocycles. The molecule has 0 saturated carbocycles. The van der Waals surface area contributed by atoms with Crippen LogP contribution in [0.1, 0.15) is 5.56 Å². The Bertz CT molecular complexity index is 736. The maximum absolute atomic E-state index is 13.2. The van der Waals surface area contributed by atoms with Crippen molar-refractivity contribution < 1.29 is 12.8 Å². The van der Waals surface area contributed by atoms with Gasteiger partial charge in [-0.25, -0.2) is 23.6 Å². The van der Waals surface area contributed by atoms with Gasteiger partial charge in [0.15, 0.2) is 5.82 Å². The Morgan fingerprint density at radius 3 is 2.76 bits per heavy atom. The highest BCUT2D eigenvalue weighted by Crippen LogP contribution is 2.22. The molecule has 6 nitrogen and oxygen atoms in total. The third-order valence-electron chi connectivity index (χ3n) is 2.89. The van der Waals surface area contributed by atoms with E-state index in [0.29, 0.717) is 5.56 Å². The second kappa shape index (κ2) is 6.17. The second-order valence-corrected chi connectivity index (χ2v) is 6.40. The van der Waals surface area contributed by atoms with Gasteiger partial charge in [0.1, 0.15) is 10.7 Å². The van der Waals surface area contributed by atoms with Crippen molar-refractivity contribution in [3.05, 3.63) is 54.0 Å². The molecule has 1 aromatic carbocycles. The molecule has 0 spiro atoms. The number of hydrogen-bond donors (Lipinski definition) is 2. The van der Waals surface area contributed by atoms with Gasteiger partial charge in [-0.1, -0.05) is 12.1 Å². The molecule has 8 heteroatoms. The molecule has 0 fully saturated rings. The Balaban J connectivity index is 2.31. The van der Waals surface area contributed by atoms with Crippen molar-refractivity contribution in [3.8, 4) is 0 Å². The van der Waals surface area contributed by atoms with Crippen molar-refractivity contribution in [2.45, 2.75) is 11.4 Å². The highest BCUT2D eigenvalue weighted by molar-refractivity contribution is 7.89. The van der Waals surface area contributed by atoms with Crippen molar-refractivity contribution >= 4 is 15.8 Å². The van der Waals surface area contributed by atoms with Crippen LogP contribution in [-0.4, -0.2) is 24.8 Å². The van der Waals surface area contributed by atoms with Gasteiger partial charge in [-0.15, -0.1) is 0 Å². The smallest absolute Gasteiger partial charge is 0.246 e. The highest BCUT2D eigenvalue weighted by Gasteiger charge is 2.24. The first kappa shape index (κ1) is 15.4. The van der Waals surface area contributed by atoms with Gasteiger partial charge in [0.25, 0.3) is 0 Å². The van der Waals surface area contributed by atoms with Crippen LogP contribution in [0, 0.1) is 5.82 Å². The lowest BCUT2D eigenvalue weighted by Crippen LogP contribution is -2.28. The van der Waals surface area contributed by atoms with Crippen molar-refractivity contribution in [1.29, 1.82) is 0 Å². The lowest BCUT2D eigenvalue weighted by molar-refractivity contribution is 0.465. The summed E-state index contributed by atoms with van der Waals surface area (Å²) in [6, 6.07) is 8.68. The molecule has 0 aliphatic rings. The van der Waals surface area contributed by atoms with Gasteiger partial charge in [0.2, 0.25) is 10.0 Å². The molecule has 112 valence electrons. The van der Waals surface area contributed by atoms with Crippen LogP contribution >= 0.6 is 0 Å². The number of anilines is 1. The van der Waals surface area contributed by atoms with Crippen LogP contribution in [0.5, 0.6) is 0 Å². The third-order valence-corrected chi connectivity index (χ3v) is 4.72. The molecule has 0 amide bonds. The van der Waals surface area contributed by atoms with Crippen LogP contribution in [0.25, 0.3) is 0 Å². The molecule has 0 aliphatic heterocycles. The lowest BCUT2D eigenvalue weighted by Gasteiger charge is -2.18. The number of aromatic nitrogens is 1. The third kappa shape index (κ3) is 3.35. The molecule has 2 rings (SSSR count). The summed E-state index contributed by atoms with van der Waals surface area (Å²) in [7, 11) is -2.38. The van der Waals surface area contributed by atoms with Gasteiger partial charge in [0.05, 0.1) is 0 Å². The van der Waals surface area contributed by atoms with Gasteiger partial charge in [0, 0.05) is 19.8 Å². The Labute approximate surface area is 122 Å². The molecule has 1 aromatic heterocycles. The zero-order chi connectivity index (χ0) is 15.5. The Hall–Kier alpha value is -2.03. The van der Waals surface area contributed by atoms with Crippen LogP contribution in [0.4, 0.5) is 10.2 Å². The topological polar surface area (TPSA) is 88.3 Å². The van der Waals surface area contributed by atoms with E-state index in [-0.39, 0.29) is 17.3 Å². The van der Waals surface area contributed by atoms with E-state index in [4.69, 9.17) is 5.84 Å². The Morgan fingerprint density at radius 1 is 1.33 bits per heavy atom. The number of nitrogens with one attached hydrogen (secondary N) is 1. The zero-order valence-corrected chi connectivity index (χ0v) is 12.1. The van der Waals surface area contributed by atoms with Gasteiger partial charge >= 0.3 is 0 Å². The van der Waals surface area contributed by atoms with Crippen molar-refractivity contribution in [1.82, 2.24) is 9.29 Å². The van der Waals surface area contributed by atoms with Gasteiger partial charge in [-0.2, -0.15) is 4.31 Å². The molecule has 1 heterocycles. The fraction of sp³-hybridized carbons (Fsp3) is 0.154. The maximum Gasteiger partial charge on any atom is 0.246 e. The number of nitrogens with two attached hydrogens (primary N) is 1. The molecule has 0 radical (unpaired) electrons. The number of sulfonamides is 1. The molecule has 0 unspecified atom stereocenters. The van der Waals surface area contributed by atoms with E-state index in [9.17, 15) is 12.8 Å². The Kier molecular flexibility index (Phi) is 4.51. The molecule has 3 N–H and O–H groups in total. The Morgan fingerprint density at radius 2 is 2.10 bits per heavy atom. The summed E-state index contributed by atoms with van der Waals surface area (Å²) in [6.45, 7) is 0.0407. The molecule has 21 heavy (non-hydrogen) atoms. The number of hydrazine groups is 1. The lowest BCUT2D eigenvalue weighted by atomic mass is 10.2. The highest BCUT2D eigenvalue weighted by atomic mass is 32.2. The first-order chi connectivity index (χ1) is 9.95. The van der Waals surface area contributed by atoms with Gasteiger partial charge < -0.3 is 5.43 Å². The number of hydrogen-bond acceptors (Lipinski definition) is 5. The summed E-state index contributed by atoms with van der Waals surface area (Å²) >= 11 is 0. The summed E-state index contributed by atoms with van der Waals surface area (Å²) in [6.07, 6.45) is 1.43. The van der Waals surface area contributed by atoms with E-state index in [1.807, 2.05) is 0 Å². The van der Waals surface area contributed by atoms with E-state index in [1.54, 1.807) is 6.07 Å². The fourth-order valence-corrected chi connectivity index (χ4v) is 3.11.